The van der Waals surface area contributed by atoms with E-state index in [0.717, 1.165) is 41.0 Å². The van der Waals surface area contributed by atoms with Crippen LogP contribution >= 0.6 is 0 Å². The zero-order valence-electron chi connectivity index (χ0n) is 15.0. The highest BCUT2D eigenvalue weighted by Crippen LogP contribution is 2.32. The van der Waals surface area contributed by atoms with E-state index in [-0.39, 0.29) is 11.8 Å². The second-order valence-corrected chi connectivity index (χ2v) is 6.72. The van der Waals surface area contributed by atoms with Crippen LogP contribution in [0.4, 0.5) is 5.82 Å². The maximum atomic E-state index is 12.9. The molecular formula is C20H22N4O2. The number of ether oxygens (including phenoxy) is 1. The smallest absolute Gasteiger partial charge is 0.228 e. The van der Waals surface area contributed by atoms with Gasteiger partial charge in [-0.15, -0.1) is 0 Å². The third kappa shape index (κ3) is 3.08. The minimum atomic E-state index is -0.0347. The number of nitrogens with zero attached hydrogens (tertiary/aromatic N) is 3. The largest absolute Gasteiger partial charge is 0.381 e. The fourth-order valence-electron chi connectivity index (χ4n) is 3.48. The van der Waals surface area contributed by atoms with Crippen LogP contribution in [0.25, 0.3) is 16.8 Å². The molecule has 4 rings (SSSR count). The molecule has 0 radical (unpaired) electrons. The van der Waals surface area contributed by atoms with Crippen molar-refractivity contribution in [3.05, 3.63) is 47.8 Å². The summed E-state index contributed by atoms with van der Waals surface area (Å²) in [6.07, 6.45) is 1.50. The van der Waals surface area contributed by atoms with E-state index in [4.69, 9.17) is 4.74 Å². The number of aryl methyl sites for hydroxylation is 2. The van der Waals surface area contributed by atoms with Crippen molar-refractivity contribution in [2.45, 2.75) is 26.7 Å². The Kier molecular flexibility index (Phi) is 4.42. The van der Waals surface area contributed by atoms with E-state index in [9.17, 15) is 4.79 Å². The van der Waals surface area contributed by atoms with Gasteiger partial charge in [-0.3, -0.25) is 4.79 Å². The number of nitrogens with one attached hydrogen (secondary N) is 1. The van der Waals surface area contributed by atoms with Gasteiger partial charge in [0.15, 0.2) is 5.65 Å². The minimum absolute atomic E-state index is 0.0190. The van der Waals surface area contributed by atoms with Crippen molar-refractivity contribution >= 4 is 17.4 Å². The van der Waals surface area contributed by atoms with Crippen molar-refractivity contribution in [2.75, 3.05) is 18.5 Å². The number of hydrogen-bond donors (Lipinski definition) is 1. The molecule has 6 heteroatoms. The van der Waals surface area contributed by atoms with Gasteiger partial charge in [0, 0.05) is 30.8 Å². The number of aromatic nitrogens is 3. The molecule has 2 aromatic heterocycles. The standard InChI is InChI=1S/C20H22N4O2/c1-13-12-17-21-14(2)18(15-6-4-3-5-7-15)19(24(17)23-13)22-20(25)16-8-10-26-11-9-16/h3-7,12,16H,8-11H2,1-2H3,(H,22,25). The van der Waals surface area contributed by atoms with Gasteiger partial charge in [0.25, 0.3) is 0 Å². The zero-order chi connectivity index (χ0) is 18.1. The minimum Gasteiger partial charge on any atom is -0.381 e. The summed E-state index contributed by atoms with van der Waals surface area (Å²) in [7, 11) is 0. The Morgan fingerprint density at radius 3 is 2.65 bits per heavy atom. The van der Waals surface area contributed by atoms with E-state index in [1.54, 1.807) is 4.52 Å². The third-order valence-electron chi connectivity index (χ3n) is 4.80. The second kappa shape index (κ2) is 6.88. The van der Waals surface area contributed by atoms with Crippen molar-refractivity contribution < 1.29 is 9.53 Å². The average Bonchev–Trinajstić information content (AvgIpc) is 3.03. The molecule has 0 saturated carbocycles. The van der Waals surface area contributed by atoms with E-state index >= 15 is 0 Å². The topological polar surface area (TPSA) is 68.5 Å². The summed E-state index contributed by atoms with van der Waals surface area (Å²) in [4.78, 5) is 17.6. The fourth-order valence-corrected chi connectivity index (χ4v) is 3.48. The summed E-state index contributed by atoms with van der Waals surface area (Å²) in [5.74, 6) is 0.668. The Morgan fingerprint density at radius 1 is 1.19 bits per heavy atom. The Balaban J connectivity index is 1.83. The van der Waals surface area contributed by atoms with Crippen LogP contribution in [0.3, 0.4) is 0 Å². The van der Waals surface area contributed by atoms with Crippen LogP contribution in [0.5, 0.6) is 0 Å². The number of anilines is 1. The van der Waals surface area contributed by atoms with Crippen molar-refractivity contribution in [3.63, 3.8) is 0 Å². The first-order valence-electron chi connectivity index (χ1n) is 8.94. The molecular weight excluding hydrogens is 328 g/mol. The highest BCUT2D eigenvalue weighted by molar-refractivity contribution is 5.96. The van der Waals surface area contributed by atoms with E-state index < -0.39 is 0 Å². The monoisotopic (exact) mass is 350 g/mol. The predicted octanol–water partition coefficient (Wildman–Crippen LogP) is 3.38. The molecule has 1 aliphatic rings. The first-order valence-corrected chi connectivity index (χ1v) is 8.94. The van der Waals surface area contributed by atoms with Crippen LogP contribution in [0, 0.1) is 19.8 Å². The fraction of sp³-hybridized carbons (Fsp3) is 0.350. The van der Waals surface area contributed by atoms with Crippen LogP contribution in [0.15, 0.2) is 36.4 Å². The lowest BCUT2D eigenvalue weighted by Crippen LogP contribution is -2.29. The Bertz CT molecular complexity index is 943. The lowest BCUT2D eigenvalue weighted by Gasteiger charge is -2.22. The number of rotatable bonds is 3. The Hall–Kier alpha value is -2.73. The molecule has 26 heavy (non-hydrogen) atoms. The molecule has 3 heterocycles. The third-order valence-corrected chi connectivity index (χ3v) is 4.80. The van der Waals surface area contributed by atoms with Gasteiger partial charge in [-0.1, -0.05) is 30.3 Å². The number of carbonyl (C=O) groups is 1. The average molecular weight is 350 g/mol. The summed E-state index contributed by atoms with van der Waals surface area (Å²) >= 11 is 0. The molecule has 0 bridgehead atoms. The van der Waals surface area contributed by atoms with Crippen molar-refractivity contribution in [2.24, 2.45) is 5.92 Å². The van der Waals surface area contributed by atoms with Gasteiger partial charge in [-0.2, -0.15) is 9.61 Å². The van der Waals surface area contributed by atoms with Crippen molar-refractivity contribution in [1.82, 2.24) is 14.6 Å². The van der Waals surface area contributed by atoms with Gasteiger partial charge in [0.05, 0.1) is 11.4 Å². The maximum Gasteiger partial charge on any atom is 0.228 e. The molecule has 0 atom stereocenters. The molecule has 1 amide bonds. The molecule has 1 N–H and O–H groups in total. The first kappa shape index (κ1) is 16.7. The van der Waals surface area contributed by atoms with E-state index in [1.165, 1.54) is 0 Å². The highest BCUT2D eigenvalue weighted by atomic mass is 16.5. The summed E-state index contributed by atoms with van der Waals surface area (Å²) in [6, 6.07) is 11.9. The van der Waals surface area contributed by atoms with E-state index in [0.29, 0.717) is 19.0 Å². The number of fused-ring (bicyclic) bond motifs is 1. The van der Waals surface area contributed by atoms with Crippen LogP contribution in [-0.4, -0.2) is 33.7 Å². The van der Waals surface area contributed by atoms with Gasteiger partial charge in [0.2, 0.25) is 5.91 Å². The van der Waals surface area contributed by atoms with Crippen LogP contribution in [0.2, 0.25) is 0 Å². The number of hydrogen-bond acceptors (Lipinski definition) is 4. The quantitative estimate of drug-likeness (QED) is 0.786. The van der Waals surface area contributed by atoms with Crippen molar-refractivity contribution in [1.29, 1.82) is 0 Å². The maximum absolute atomic E-state index is 12.9. The number of amides is 1. The summed E-state index contributed by atoms with van der Waals surface area (Å²) < 4.78 is 7.12. The number of carbonyl (C=O) groups excluding carboxylic acids is 1. The Morgan fingerprint density at radius 2 is 1.92 bits per heavy atom. The van der Waals surface area contributed by atoms with Gasteiger partial charge in [-0.05, 0) is 32.3 Å². The lowest BCUT2D eigenvalue weighted by molar-refractivity contribution is -0.122. The van der Waals surface area contributed by atoms with Crippen LogP contribution < -0.4 is 5.32 Å². The zero-order valence-corrected chi connectivity index (χ0v) is 15.0. The van der Waals surface area contributed by atoms with Gasteiger partial charge >= 0.3 is 0 Å². The highest BCUT2D eigenvalue weighted by Gasteiger charge is 2.25. The van der Waals surface area contributed by atoms with E-state index in [2.05, 4.69) is 15.4 Å². The molecule has 0 aliphatic carbocycles. The van der Waals surface area contributed by atoms with Crippen LogP contribution in [0.1, 0.15) is 24.2 Å². The second-order valence-electron chi connectivity index (χ2n) is 6.72. The SMILES string of the molecule is Cc1cc2nc(C)c(-c3ccccc3)c(NC(=O)C3CCOCC3)n2n1. The molecule has 0 unspecified atom stereocenters. The molecule has 1 aliphatic heterocycles. The molecule has 6 nitrogen and oxygen atoms in total. The normalized spacial score (nSPS) is 15.3. The molecule has 0 spiro atoms. The lowest BCUT2D eigenvalue weighted by atomic mass is 9.99. The summed E-state index contributed by atoms with van der Waals surface area (Å²) in [6.45, 7) is 5.16. The van der Waals surface area contributed by atoms with E-state index in [1.807, 2.05) is 50.2 Å². The predicted molar refractivity (Wildman–Crippen MR) is 100 cm³/mol. The summed E-state index contributed by atoms with van der Waals surface area (Å²) in [5.41, 5.74) is 4.38. The molecule has 134 valence electrons. The van der Waals surface area contributed by atoms with Crippen molar-refractivity contribution in [3.8, 4) is 11.1 Å². The molecule has 3 aromatic rings. The number of benzene rings is 1. The molecule has 1 saturated heterocycles. The molecule has 1 fully saturated rings. The van der Waals surface area contributed by atoms with Crippen LogP contribution in [-0.2, 0) is 9.53 Å². The van der Waals surface area contributed by atoms with Gasteiger partial charge in [0.1, 0.15) is 5.82 Å². The summed E-state index contributed by atoms with van der Waals surface area (Å²) in [5, 5.41) is 7.70. The molecule has 1 aromatic carbocycles. The Labute approximate surface area is 152 Å². The first-order chi connectivity index (χ1) is 12.6. The van der Waals surface area contributed by atoms with Gasteiger partial charge < -0.3 is 10.1 Å². The van der Waals surface area contributed by atoms with Gasteiger partial charge in [-0.25, -0.2) is 4.98 Å².